The maximum absolute atomic E-state index is 13.1. The zero-order valence-electron chi connectivity index (χ0n) is 14.9. The number of hydrogen-bond acceptors (Lipinski definition) is 4. The number of aryl methyl sites for hydroxylation is 2. The quantitative estimate of drug-likeness (QED) is 0.799. The molecule has 2 aromatic rings. The third kappa shape index (κ3) is 2.54. The van der Waals surface area contributed by atoms with Gasteiger partial charge in [-0.2, -0.15) is 0 Å². The molecule has 0 bridgehead atoms. The summed E-state index contributed by atoms with van der Waals surface area (Å²) in [6, 6.07) is 4.12. The van der Waals surface area contributed by atoms with Crippen molar-refractivity contribution in [1.29, 1.82) is 0 Å². The average Bonchev–Trinajstić information content (AvgIpc) is 3.08. The van der Waals surface area contributed by atoms with Crippen LogP contribution in [0, 0.1) is 25.2 Å². The summed E-state index contributed by atoms with van der Waals surface area (Å²) in [7, 11) is 0. The Balaban J connectivity index is 1.79. The van der Waals surface area contributed by atoms with Crippen molar-refractivity contribution >= 4 is 27.8 Å². The Bertz CT molecular complexity index is 905. The van der Waals surface area contributed by atoms with E-state index in [1.807, 2.05) is 30.3 Å². The highest BCUT2D eigenvalue weighted by Gasteiger charge is 2.51. The van der Waals surface area contributed by atoms with E-state index in [1.165, 1.54) is 4.88 Å². The van der Waals surface area contributed by atoms with Gasteiger partial charge in [0.1, 0.15) is 10.8 Å². The number of aromatic nitrogens is 2. The molecule has 2 aliphatic rings. The first-order chi connectivity index (χ1) is 11.9. The second-order valence-corrected chi connectivity index (χ2v) is 8.55. The fourth-order valence-electron chi connectivity index (χ4n) is 3.64. The first-order valence-electron chi connectivity index (χ1n) is 8.49. The van der Waals surface area contributed by atoms with Gasteiger partial charge in [0, 0.05) is 34.4 Å². The molecule has 1 unspecified atom stereocenters. The molecule has 1 saturated heterocycles. The number of anilines is 1. The highest BCUT2D eigenvalue weighted by Crippen LogP contribution is 2.51. The molecule has 2 aromatic heterocycles. The number of hydrogen-bond donors (Lipinski definition) is 0. The van der Waals surface area contributed by atoms with Gasteiger partial charge in [0.2, 0.25) is 5.91 Å². The highest BCUT2D eigenvalue weighted by molar-refractivity contribution is 7.16. The van der Waals surface area contributed by atoms with Crippen LogP contribution in [0.5, 0.6) is 0 Å². The van der Waals surface area contributed by atoms with E-state index in [1.54, 1.807) is 11.3 Å². The van der Waals surface area contributed by atoms with Gasteiger partial charge in [0.05, 0.1) is 5.41 Å². The Hall–Kier alpha value is -2.27. The molecule has 25 heavy (non-hydrogen) atoms. The van der Waals surface area contributed by atoms with Crippen molar-refractivity contribution in [3.8, 4) is 0 Å². The van der Waals surface area contributed by atoms with Crippen molar-refractivity contribution in [1.82, 2.24) is 9.97 Å². The number of amides is 1. The second-order valence-electron chi connectivity index (χ2n) is 7.28. The lowest BCUT2D eigenvalue weighted by Gasteiger charge is -2.25. The van der Waals surface area contributed by atoms with Crippen molar-refractivity contribution < 1.29 is 4.79 Å². The third-order valence-electron chi connectivity index (χ3n) is 5.18. The Morgan fingerprint density at radius 1 is 1.20 bits per heavy atom. The zero-order valence-corrected chi connectivity index (χ0v) is 15.7. The Morgan fingerprint density at radius 2 is 1.92 bits per heavy atom. The molecule has 0 aromatic carbocycles. The van der Waals surface area contributed by atoms with Crippen LogP contribution in [0.1, 0.15) is 36.5 Å². The molecule has 128 valence electrons. The minimum atomic E-state index is -0.393. The van der Waals surface area contributed by atoms with Crippen LogP contribution in [0.3, 0.4) is 0 Å². The van der Waals surface area contributed by atoms with Crippen LogP contribution in [0.15, 0.2) is 42.4 Å². The SMILES string of the molecule is Cc1ncc(C2=CCC3C(=C2)N(c2ccc(C)s2)C(=O)C3(C)C)cn1. The molecule has 1 amide bonds. The van der Waals surface area contributed by atoms with Gasteiger partial charge in [0.15, 0.2) is 0 Å². The van der Waals surface area contributed by atoms with Gasteiger partial charge in [-0.15, -0.1) is 11.3 Å². The van der Waals surface area contributed by atoms with E-state index in [0.29, 0.717) is 0 Å². The highest BCUT2D eigenvalue weighted by atomic mass is 32.1. The van der Waals surface area contributed by atoms with Crippen molar-refractivity contribution in [3.63, 3.8) is 0 Å². The molecule has 0 spiro atoms. The van der Waals surface area contributed by atoms with Crippen LogP contribution in [-0.4, -0.2) is 15.9 Å². The molecule has 3 heterocycles. The summed E-state index contributed by atoms with van der Waals surface area (Å²) in [6.45, 7) is 8.07. The van der Waals surface area contributed by atoms with E-state index in [0.717, 1.165) is 34.1 Å². The second kappa shape index (κ2) is 5.63. The first-order valence-corrected chi connectivity index (χ1v) is 9.31. The number of carbonyl (C=O) groups excluding carboxylic acids is 1. The fourth-order valence-corrected chi connectivity index (χ4v) is 4.52. The minimum absolute atomic E-state index is 0.181. The molecule has 0 radical (unpaired) electrons. The van der Waals surface area contributed by atoms with Gasteiger partial charge in [-0.05, 0) is 44.1 Å². The summed E-state index contributed by atoms with van der Waals surface area (Å²) in [5.41, 5.74) is 2.79. The predicted molar refractivity (Wildman–Crippen MR) is 101 cm³/mol. The number of thiophene rings is 1. The smallest absolute Gasteiger partial charge is 0.238 e. The Labute approximate surface area is 151 Å². The lowest BCUT2D eigenvalue weighted by atomic mass is 9.75. The third-order valence-corrected chi connectivity index (χ3v) is 6.16. The van der Waals surface area contributed by atoms with E-state index < -0.39 is 5.41 Å². The molecule has 0 N–H and O–H groups in total. The van der Waals surface area contributed by atoms with E-state index in [-0.39, 0.29) is 11.8 Å². The van der Waals surface area contributed by atoms with Gasteiger partial charge in [0.25, 0.3) is 0 Å². The van der Waals surface area contributed by atoms with Crippen LogP contribution in [0.25, 0.3) is 5.57 Å². The standard InChI is InChI=1S/C20H21N3OS/c1-12-5-8-18(25-12)23-17-9-14(15-10-21-13(2)22-11-15)6-7-16(17)20(3,4)19(23)24/h5-6,8-11,16H,7H2,1-4H3. The molecule has 1 atom stereocenters. The molecule has 1 aliphatic heterocycles. The van der Waals surface area contributed by atoms with Crippen LogP contribution in [0.2, 0.25) is 0 Å². The molecular formula is C20H21N3OS. The summed E-state index contributed by atoms with van der Waals surface area (Å²) in [5, 5.41) is 1.01. The van der Waals surface area contributed by atoms with E-state index in [2.05, 4.69) is 49.0 Å². The Morgan fingerprint density at radius 3 is 2.56 bits per heavy atom. The largest absolute Gasteiger partial charge is 0.275 e. The van der Waals surface area contributed by atoms with Crippen molar-refractivity contribution in [3.05, 3.63) is 58.6 Å². The minimum Gasteiger partial charge on any atom is -0.275 e. The Kier molecular flexibility index (Phi) is 3.65. The maximum Gasteiger partial charge on any atom is 0.238 e. The number of fused-ring (bicyclic) bond motifs is 1. The van der Waals surface area contributed by atoms with E-state index >= 15 is 0 Å². The van der Waals surface area contributed by atoms with Crippen LogP contribution in [-0.2, 0) is 4.79 Å². The molecule has 4 nitrogen and oxygen atoms in total. The fraction of sp³-hybridized carbons (Fsp3) is 0.350. The van der Waals surface area contributed by atoms with Crippen LogP contribution < -0.4 is 4.90 Å². The van der Waals surface area contributed by atoms with Gasteiger partial charge in [-0.3, -0.25) is 9.69 Å². The maximum atomic E-state index is 13.1. The monoisotopic (exact) mass is 351 g/mol. The van der Waals surface area contributed by atoms with E-state index in [4.69, 9.17) is 0 Å². The zero-order chi connectivity index (χ0) is 17.8. The molecule has 4 rings (SSSR count). The first kappa shape index (κ1) is 16.2. The molecule has 5 heteroatoms. The lowest BCUT2D eigenvalue weighted by Crippen LogP contribution is -2.30. The van der Waals surface area contributed by atoms with Crippen molar-refractivity contribution in [2.75, 3.05) is 4.90 Å². The van der Waals surface area contributed by atoms with E-state index in [9.17, 15) is 4.79 Å². The number of carbonyl (C=O) groups is 1. The van der Waals surface area contributed by atoms with Crippen LogP contribution >= 0.6 is 11.3 Å². The topological polar surface area (TPSA) is 46.1 Å². The molecular weight excluding hydrogens is 330 g/mol. The molecule has 1 aliphatic carbocycles. The van der Waals surface area contributed by atoms with Gasteiger partial charge < -0.3 is 0 Å². The summed E-state index contributed by atoms with van der Waals surface area (Å²) in [5.74, 6) is 1.15. The normalized spacial score (nSPS) is 21.8. The predicted octanol–water partition coefficient (Wildman–Crippen LogP) is 4.52. The number of rotatable bonds is 2. The lowest BCUT2D eigenvalue weighted by molar-refractivity contribution is -0.125. The molecule has 0 saturated carbocycles. The van der Waals surface area contributed by atoms with Crippen LogP contribution in [0.4, 0.5) is 5.00 Å². The summed E-state index contributed by atoms with van der Waals surface area (Å²) in [4.78, 5) is 24.9. The summed E-state index contributed by atoms with van der Waals surface area (Å²) < 4.78 is 0. The number of allylic oxidation sites excluding steroid dienone is 4. The van der Waals surface area contributed by atoms with Crippen molar-refractivity contribution in [2.45, 2.75) is 34.1 Å². The molecule has 1 fully saturated rings. The van der Waals surface area contributed by atoms with Crippen molar-refractivity contribution in [2.24, 2.45) is 11.3 Å². The average molecular weight is 351 g/mol. The van der Waals surface area contributed by atoms with Gasteiger partial charge in [-0.25, -0.2) is 9.97 Å². The van der Waals surface area contributed by atoms with Gasteiger partial charge >= 0.3 is 0 Å². The summed E-state index contributed by atoms with van der Waals surface area (Å²) >= 11 is 1.66. The number of nitrogens with zero attached hydrogens (tertiary/aromatic N) is 3. The summed E-state index contributed by atoms with van der Waals surface area (Å²) in [6.07, 6.45) is 8.92. The van der Waals surface area contributed by atoms with Gasteiger partial charge in [-0.1, -0.05) is 19.9 Å².